The molecule has 0 atom stereocenters. The molecule has 14 heteroatoms. The van der Waals surface area contributed by atoms with E-state index in [0.29, 0.717) is 20.0 Å². The molecule has 3 aromatic rings. The van der Waals surface area contributed by atoms with Gasteiger partial charge in [-0.1, -0.05) is 46.6 Å². The lowest BCUT2D eigenvalue weighted by Crippen LogP contribution is -2.37. The number of thioether (sulfide) groups is 1. The number of nitrogens with zero attached hydrogens (tertiary/aromatic N) is 4. The standard InChI is InChI=1S/C25H20Cl3N5O4S2/c1-5-32-23(36)20(25-31(3)16-10-13(37-4)6-7-17(16)38-25)39-24(32)18-21(29-11(2)34)30-33(22(18)35)19-14(27)8-12(26)9-15(19)28/h6-10H,5H2,1-4H3,(H,29,30,34)/b24-18?,25-20-. The van der Waals surface area contributed by atoms with Crippen molar-refractivity contribution in [1.29, 1.82) is 0 Å². The van der Waals surface area contributed by atoms with Crippen molar-refractivity contribution in [3.63, 3.8) is 0 Å². The van der Waals surface area contributed by atoms with Crippen LogP contribution in [0.25, 0.3) is 10.6 Å². The maximum Gasteiger partial charge on any atom is 0.285 e. The first-order valence-electron chi connectivity index (χ1n) is 11.5. The summed E-state index contributed by atoms with van der Waals surface area (Å²) >= 11 is 21.4. The zero-order valence-corrected chi connectivity index (χ0v) is 24.9. The summed E-state index contributed by atoms with van der Waals surface area (Å²) in [7, 11) is 3.46. The van der Waals surface area contributed by atoms with Crippen molar-refractivity contribution in [2.24, 2.45) is 5.10 Å². The monoisotopic (exact) mass is 623 g/mol. The molecular weight excluding hydrogens is 605 g/mol. The highest BCUT2D eigenvalue weighted by Gasteiger charge is 2.37. The van der Waals surface area contributed by atoms with Crippen LogP contribution in [-0.4, -0.2) is 36.4 Å². The summed E-state index contributed by atoms with van der Waals surface area (Å²) in [5.41, 5.74) is 0.788. The quantitative estimate of drug-likeness (QED) is 0.476. The molecule has 0 aliphatic carbocycles. The predicted molar refractivity (Wildman–Crippen MR) is 158 cm³/mol. The molecule has 5 rings (SSSR count). The van der Waals surface area contributed by atoms with Crippen molar-refractivity contribution in [3.05, 3.63) is 64.9 Å². The number of amidine groups is 1. The first-order valence-corrected chi connectivity index (χ1v) is 14.3. The fourth-order valence-corrected chi connectivity index (χ4v) is 7.72. The number of halogens is 3. The first kappa shape index (κ1) is 27.6. The Kier molecular flexibility index (Phi) is 7.47. The van der Waals surface area contributed by atoms with Crippen molar-refractivity contribution in [2.75, 3.05) is 24.1 Å². The Balaban J connectivity index is 1.75. The normalized spacial score (nSPS) is 17.5. The number of thiazole rings is 1. The van der Waals surface area contributed by atoms with Gasteiger partial charge in [0.05, 0.1) is 22.8 Å². The smallest absolute Gasteiger partial charge is 0.285 e. The lowest BCUT2D eigenvalue weighted by Gasteiger charge is -2.15. The van der Waals surface area contributed by atoms with Crippen LogP contribution in [0.1, 0.15) is 13.8 Å². The van der Waals surface area contributed by atoms with Crippen LogP contribution in [0.15, 0.2) is 45.1 Å². The molecule has 2 aliphatic rings. The van der Waals surface area contributed by atoms with E-state index in [1.54, 1.807) is 14.0 Å². The average Bonchev–Trinajstić information content (AvgIpc) is 3.48. The third-order valence-corrected chi connectivity index (χ3v) is 9.33. The first-order chi connectivity index (χ1) is 18.5. The van der Waals surface area contributed by atoms with E-state index in [-0.39, 0.29) is 44.3 Å². The largest absolute Gasteiger partial charge is 0.497 e. The van der Waals surface area contributed by atoms with E-state index in [9.17, 15) is 14.4 Å². The zero-order valence-electron chi connectivity index (χ0n) is 21.0. The van der Waals surface area contributed by atoms with Crippen LogP contribution >= 0.6 is 57.9 Å². The van der Waals surface area contributed by atoms with Crippen molar-refractivity contribution in [2.45, 2.75) is 25.3 Å². The lowest BCUT2D eigenvalue weighted by atomic mass is 10.2. The van der Waals surface area contributed by atoms with E-state index in [1.807, 2.05) is 30.1 Å². The Labute approximate surface area is 245 Å². The summed E-state index contributed by atoms with van der Waals surface area (Å²) in [4.78, 5) is 42.5. The predicted octanol–water partition coefficient (Wildman–Crippen LogP) is 3.85. The SMILES string of the molecule is CCn1c(=C2C(=O)N(c3c(Cl)cc(Cl)cc3Cl)N=C2NC(C)=O)s/c(=C2\Sc3ccc(OC)cc3N2C)c1=O. The van der Waals surface area contributed by atoms with Gasteiger partial charge in [0, 0.05) is 36.5 Å². The minimum Gasteiger partial charge on any atom is -0.497 e. The number of benzene rings is 2. The molecule has 39 heavy (non-hydrogen) atoms. The number of hydrazone groups is 1. The summed E-state index contributed by atoms with van der Waals surface area (Å²) in [6.45, 7) is 3.38. The Morgan fingerprint density at radius 1 is 1.13 bits per heavy atom. The van der Waals surface area contributed by atoms with Crippen molar-refractivity contribution in [1.82, 2.24) is 9.88 Å². The van der Waals surface area contributed by atoms with E-state index in [4.69, 9.17) is 39.5 Å². The van der Waals surface area contributed by atoms with Gasteiger partial charge in [-0.3, -0.25) is 19.0 Å². The summed E-state index contributed by atoms with van der Waals surface area (Å²) in [5.74, 6) is -0.371. The second kappa shape index (κ2) is 10.5. The van der Waals surface area contributed by atoms with Gasteiger partial charge >= 0.3 is 0 Å². The Morgan fingerprint density at radius 2 is 1.82 bits per heavy atom. The summed E-state index contributed by atoms with van der Waals surface area (Å²) < 4.78 is 7.63. The maximum absolute atomic E-state index is 13.8. The number of aromatic nitrogens is 1. The van der Waals surface area contributed by atoms with Crippen molar-refractivity contribution < 1.29 is 14.3 Å². The van der Waals surface area contributed by atoms with Crippen molar-refractivity contribution in [3.8, 4) is 5.75 Å². The van der Waals surface area contributed by atoms with Gasteiger partial charge in [-0.05, 0) is 31.2 Å². The van der Waals surface area contributed by atoms with E-state index in [2.05, 4.69) is 10.4 Å². The molecular formula is C25H20Cl3N5O4S2. The molecule has 0 radical (unpaired) electrons. The summed E-state index contributed by atoms with van der Waals surface area (Å²) in [6.07, 6.45) is 0. The van der Waals surface area contributed by atoms with Crippen molar-refractivity contribution >= 4 is 97.5 Å². The van der Waals surface area contributed by atoms with Crippen LogP contribution in [0.4, 0.5) is 11.4 Å². The second-order valence-corrected chi connectivity index (χ2v) is 11.7. The number of methoxy groups -OCH3 is 1. The number of ether oxygens (including phenoxy) is 1. The third kappa shape index (κ3) is 4.72. The van der Waals surface area contributed by atoms with Gasteiger partial charge in [-0.2, -0.15) is 5.01 Å². The lowest BCUT2D eigenvalue weighted by molar-refractivity contribution is -0.117. The molecule has 9 nitrogen and oxygen atoms in total. The molecule has 0 fully saturated rings. The summed E-state index contributed by atoms with van der Waals surface area (Å²) in [6, 6.07) is 8.56. The topological polar surface area (TPSA) is 96.2 Å². The average molecular weight is 625 g/mol. The van der Waals surface area contributed by atoms with E-state index in [1.165, 1.54) is 35.4 Å². The number of hydrogen-bond acceptors (Lipinski definition) is 8. The van der Waals surface area contributed by atoms with Crippen LogP contribution in [0.2, 0.25) is 15.1 Å². The van der Waals surface area contributed by atoms with Gasteiger partial charge in [0.25, 0.3) is 11.5 Å². The molecule has 2 amide bonds. The molecule has 1 aromatic heterocycles. The minimum atomic E-state index is -0.606. The molecule has 202 valence electrons. The van der Waals surface area contributed by atoms with Gasteiger partial charge < -0.3 is 15.0 Å². The minimum absolute atomic E-state index is 0.0185. The Hall–Kier alpha value is -2.96. The highest BCUT2D eigenvalue weighted by Crippen LogP contribution is 2.46. The Bertz CT molecular complexity index is 1760. The number of carbonyl (C=O) groups is 2. The molecule has 0 bridgehead atoms. The van der Waals surface area contributed by atoms with Crippen LogP contribution in [-0.2, 0) is 16.1 Å². The highest BCUT2D eigenvalue weighted by atomic mass is 35.5. The number of hydrogen-bond donors (Lipinski definition) is 1. The molecule has 0 unspecified atom stereocenters. The number of amides is 2. The van der Waals surface area contributed by atoms with Gasteiger partial charge in [0.2, 0.25) is 5.91 Å². The molecule has 0 saturated heterocycles. The zero-order chi connectivity index (χ0) is 28.2. The molecule has 0 saturated carbocycles. The fraction of sp³-hybridized carbons (Fsp3) is 0.200. The van der Waals surface area contributed by atoms with Crippen LogP contribution in [0.3, 0.4) is 0 Å². The number of fused-ring (bicyclic) bond motifs is 1. The van der Waals surface area contributed by atoms with Gasteiger partial charge in [0.15, 0.2) is 5.84 Å². The fourth-order valence-electron chi connectivity index (χ4n) is 4.21. The highest BCUT2D eigenvalue weighted by molar-refractivity contribution is 8.08. The molecule has 2 aromatic carbocycles. The number of carbonyl (C=O) groups excluding carboxylic acids is 2. The van der Waals surface area contributed by atoms with Gasteiger partial charge in [-0.15, -0.1) is 16.4 Å². The molecule has 3 heterocycles. The Morgan fingerprint density at radius 3 is 2.44 bits per heavy atom. The number of rotatable bonds is 3. The van der Waals surface area contributed by atoms with Gasteiger partial charge in [-0.25, -0.2) is 0 Å². The third-order valence-electron chi connectivity index (χ3n) is 5.98. The van der Waals surface area contributed by atoms with E-state index in [0.717, 1.165) is 26.9 Å². The number of nitrogens with one attached hydrogen (secondary N) is 1. The second-order valence-electron chi connectivity index (χ2n) is 8.43. The van der Waals surface area contributed by atoms with E-state index < -0.39 is 11.8 Å². The molecule has 2 aliphatic heterocycles. The summed E-state index contributed by atoms with van der Waals surface area (Å²) in [5, 5.41) is 9.16. The molecule has 0 spiro atoms. The maximum atomic E-state index is 13.8. The van der Waals surface area contributed by atoms with Crippen LogP contribution in [0, 0.1) is 0 Å². The van der Waals surface area contributed by atoms with Crippen LogP contribution in [0.5, 0.6) is 5.75 Å². The van der Waals surface area contributed by atoms with Crippen LogP contribution < -0.4 is 34.7 Å². The van der Waals surface area contributed by atoms with E-state index >= 15 is 0 Å². The number of anilines is 2. The molecule has 1 N–H and O–H groups in total. The van der Waals surface area contributed by atoms with Gasteiger partial charge in [0.1, 0.15) is 31.2 Å².